The third-order valence-electron chi connectivity index (χ3n) is 3.26. The molecule has 0 bridgehead atoms. The van der Waals surface area contributed by atoms with Crippen LogP contribution < -0.4 is 10.1 Å². The van der Waals surface area contributed by atoms with Gasteiger partial charge in [0, 0.05) is 0 Å². The van der Waals surface area contributed by atoms with E-state index in [1.54, 1.807) is 12.1 Å². The minimum absolute atomic E-state index is 0.191. The number of ether oxygens (including phenoxy) is 1. The third kappa shape index (κ3) is 3.31. The maximum Gasteiger partial charge on any atom is 0.230 e. The molecule has 21 heavy (non-hydrogen) atoms. The SMILES string of the molecule is O=C(Nc1ccccc1Oc1ccccc1)[C@H]1CC1(Cl)Cl. The molecule has 1 amide bonds. The molecule has 0 saturated heterocycles. The first-order valence-corrected chi connectivity index (χ1v) is 7.32. The zero-order valence-corrected chi connectivity index (χ0v) is 12.6. The Morgan fingerprint density at radius 1 is 1.10 bits per heavy atom. The minimum atomic E-state index is -0.931. The molecule has 2 aromatic rings. The monoisotopic (exact) mass is 321 g/mol. The van der Waals surface area contributed by atoms with Gasteiger partial charge in [-0.05, 0) is 30.7 Å². The van der Waals surface area contributed by atoms with Crippen molar-refractivity contribution in [1.29, 1.82) is 0 Å². The third-order valence-corrected chi connectivity index (χ3v) is 4.09. The molecule has 0 radical (unpaired) electrons. The van der Waals surface area contributed by atoms with Crippen molar-refractivity contribution in [3.63, 3.8) is 0 Å². The first-order valence-electron chi connectivity index (χ1n) is 6.57. The molecule has 0 heterocycles. The lowest BCUT2D eigenvalue weighted by atomic mass is 10.2. The van der Waals surface area contributed by atoms with E-state index in [-0.39, 0.29) is 11.8 Å². The van der Waals surface area contributed by atoms with Crippen molar-refractivity contribution in [1.82, 2.24) is 0 Å². The van der Waals surface area contributed by atoms with Gasteiger partial charge in [-0.2, -0.15) is 0 Å². The van der Waals surface area contributed by atoms with Crippen LogP contribution in [0.3, 0.4) is 0 Å². The zero-order valence-electron chi connectivity index (χ0n) is 11.1. The van der Waals surface area contributed by atoms with Gasteiger partial charge in [0.2, 0.25) is 5.91 Å². The first kappa shape index (κ1) is 14.2. The summed E-state index contributed by atoms with van der Waals surface area (Å²) in [6.45, 7) is 0. The van der Waals surface area contributed by atoms with Gasteiger partial charge in [-0.25, -0.2) is 0 Å². The van der Waals surface area contributed by atoms with Crippen molar-refractivity contribution in [3.8, 4) is 11.5 Å². The summed E-state index contributed by atoms with van der Waals surface area (Å²) < 4.78 is 4.85. The summed E-state index contributed by atoms with van der Waals surface area (Å²) in [7, 11) is 0. The van der Waals surface area contributed by atoms with Crippen LogP contribution in [0.2, 0.25) is 0 Å². The van der Waals surface area contributed by atoms with Crippen molar-refractivity contribution in [3.05, 3.63) is 54.6 Å². The van der Waals surface area contributed by atoms with Gasteiger partial charge in [-0.1, -0.05) is 30.3 Å². The van der Waals surface area contributed by atoms with Crippen LogP contribution >= 0.6 is 23.2 Å². The summed E-state index contributed by atoms with van der Waals surface area (Å²) in [5.41, 5.74) is 0.599. The molecule has 0 aromatic heterocycles. The predicted molar refractivity (Wildman–Crippen MR) is 84.1 cm³/mol. The van der Waals surface area contributed by atoms with Crippen LogP contribution in [0, 0.1) is 5.92 Å². The Labute approximate surface area is 132 Å². The number of hydrogen-bond acceptors (Lipinski definition) is 2. The Morgan fingerprint density at radius 2 is 1.71 bits per heavy atom. The normalized spacial score (nSPS) is 18.9. The topological polar surface area (TPSA) is 38.3 Å². The second-order valence-electron chi connectivity index (χ2n) is 4.92. The van der Waals surface area contributed by atoms with Gasteiger partial charge < -0.3 is 10.1 Å². The quantitative estimate of drug-likeness (QED) is 0.835. The number of alkyl halides is 2. The Hall–Kier alpha value is -1.71. The zero-order chi connectivity index (χ0) is 14.9. The molecule has 5 heteroatoms. The molecular weight excluding hydrogens is 309 g/mol. The maximum atomic E-state index is 12.1. The number of rotatable bonds is 4. The highest BCUT2D eigenvalue weighted by Crippen LogP contribution is 2.53. The first-order chi connectivity index (χ1) is 10.1. The fourth-order valence-electron chi connectivity index (χ4n) is 1.99. The molecule has 3 rings (SSSR count). The lowest BCUT2D eigenvalue weighted by Gasteiger charge is -2.12. The summed E-state index contributed by atoms with van der Waals surface area (Å²) >= 11 is 11.8. The molecule has 1 fully saturated rings. The van der Waals surface area contributed by atoms with Crippen LogP contribution in [0.4, 0.5) is 5.69 Å². The van der Waals surface area contributed by atoms with Crippen molar-refractivity contribution in [2.45, 2.75) is 10.8 Å². The number of carbonyl (C=O) groups excluding carboxylic acids is 1. The lowest BCUT2D eigenvalue weighted by molar-refractivity contribution is -0.117. The van der Waals surface area contributed by atoms with Crippen molar-refractivity contribution in [2.24, 2.45) is 5.92 Å². The van der Waals surface area contributed by atoms with Gasteiger partial charge in [0.25, 0.3) is 0 Å². The van der Waals surface area contributed by atoms with E-state index in [2.05, 4.69) is 5.32 Å². The summed E-state index contributed by atoms with van der Waals surface area (Å²) in [6, 6.07) is 16.6. The largest absolute Gasteiger partial charge is 0.455 e. The minimum Gasteiger partial charge on any atom is -0.455 e. The summed E-state index contributed by atoms with van der Waals surface area (Å²) in [4.78, 5) is 12.1. The van der Waals surface area contributed by atoms with Crippen molar-refractivity contribution < 1.29 is 9.53 Å². The van der Waals surface area contributed by atoms with E-state index < -0.39 is 4.33 Å². The molecule has 1 atom stereocenters. The lowest BCUT2D eigenvalue weighted by Crippen LogP contribution is -2.17. The molecule has 2 aromatic carbocycles. The van der Waals surface area contributed by atoms with E-state index in [9.17, 15) is 4.79 Å². The Balaban J connectivity index is 1.75. The summed E-state index contributed by atoms with van der Waals surface area (Å²) in [5, 5.41) is 2.82. The predicted octanol–water partition coefficient (Wildman–Crippen LogP) is 4.61. The maximum absolute atomic E-state index is 12.1. The van der Waals surface area contributed by atoms with Crippen LogP contribution in [0.5, 0.6) is 11.5 Å². The molecule has 1 N–H and O–H groups in total. The molecule has 0 unspecified atom stereocenters. The standard InChI is InChI=1S/C16H13Cl2NO2/c17-16(18)10-12(16)15(20)19-13-8-4-5-9-14(13)21-11-6-2-1-3-7-11/h1-9,12H,10H2,(H,19,20)/t12-/m1/s1. The number of para-hydroxylation sites is 3. The van der Waals surface area contributed by atoms with E-state index in [0.29, 0.717) is 23.6 Å². The van der Waals surface area contributed by atoms with Crippen LogP contribution in [-0.4, -0.2) is 10.2 Å². The number of anilines is 1. The molecule has 1 aliphatic rings. The highest BCUT2D eigenvalue weighted by atomic mass is 35.5. The van der Waals surface area contributed by atoms with E-state index in [4.69, 9.17) is 27.9 Å². The smallest absolute Gasteiger partial charge is 0.230 e. The van der Waals surface area contributed by atoms with Crippen molar-refractivity contribution >= 4 is 34.8 Å². The van der Waals surface area contributed by atoms with Crippen LogP contribution in [0.1, 0.15) is 6.42 Å². The Morgan fingerprint density at radius 3 is 2.38 bits per heavy atom. The fraction of sp³-hybridized carbons (Fsp3) is 0.188. The van der Waals surface area contributed by atoms with E-state index in [1.807, 2.05) is 42.5 Å². The van der Waals surface area contributed by atoms with E-state index >= 15 is 0 Å². The molecule has 1 aliphatic carbocycles. The Kier molecular flexibility index (Phi) is 3.79. The molecule has 0 aliphatic heterocycles. The van der Waals surface area contributed by atoms with Crippen molar-refractivity contribution in [2.75, 3.05) is 5.32 Å². The van der Waals surface area contributed by atoms with E-state index in [1.165, 1.54) is 0 Å². The van der Waals surface area contributed by atoms with E-state index in [0.717, 1.165) is 0 Å². The average Bonchev–Trinajstić information content (AvgIpc) is 3.11. The van der Waals surface area contributed by atoms with Crippen LogP contribution in [0.15, 0.2) is 54.6 Å². The molecule has 3 nitrogen and oxygen atoms in total. The van der Waals surface area contributed by atoms with Gasteiger partial charge in [0.05, 0.1) is 11.6 Å². The highest BCUT2D eigenvalue weighted by molar-refractivity contribution is 6.52. The van der Waals surface area contributed by atoms with Crippen LogP contribution in [0.25, 0.3) is 0 Å². The van der Waals surface area contributed by atoms with Gasteiger partial charge in [0.1, 0.15) is 10.1 Å². The molecule has 1 saturated carbocycles. The van der Waals surface area contributed by atoms with Gasteiger partial charge in [-0.3, -0.25) is 4.79 Å². The number of halogens is 2. The average molecular weight is 322 g/mol. The highest BCUT2D eigenvalue weighted by Gasteiger charge is 2.56. The van der Waals surface area contributed by atoms with Gasteiger partial charge in [-0.15, -0.1) is 23.2 Å². The molecular formula is C16H13Cl2NO2. The fourth-order valence-corrected chi connectivity index (χ4v) is 2.50. The molecule has 108 valence electrons. The second-order valence-corrected chi connectivity index (χ2v) is 6.46. The van der Waals surface area contributed by atoms with Gasteiger partial charge in [0.15, 0.2) is 5.75 Å². The summed E-state index contributed by atoms with van der Waals surface area (Å²) in [5.74, 6) is 0.719. The molecule has 0 spiro atoms. The number of carbonyl (C=O) groups is 1. The van der Waals surface area contributed by atoms with Gasteiger partial charge >= 0.3 is 0 Å². The number of amides is 1. The Bertz CT molecular complexity index is 658. The number of hydrogen-bond donors (Lipinski definition) is 1. The number of nitrogens with one attached hydrogen (secondary N) is 1. The second kappa shape index (κ2) is 5.58. The van der Waals surface area contributed by atoms with Crippen LogP contribution in [-0.2, 0) is 4.79 Å². The number of benzene rings is 2. The summed E-state index contributed by atoms with van der Waals surface area (Å²) in [6.07, 6.45) is 0.476.